The molecule has 3 aliphatic heterocycles. The Labute approximate surface area is 286 Å². The van der Waals surface area contributed by atoms with E-state index in [1.165, 1.54) is 6.42 Å². The fourth-order valence-corrected chi connectivity index (χ4v) is 8.40. The zero-order valence-electron chi connectivity index (χ0n) is 27.0. The lowest BCUT2D eigenvalue weighted by Crippen LogP contribution is -2.57. The molecule has 1 aromatic heterocycles. The normalized spacial score (nSPS) is 20.9. The van der Waals surface area contributed by atoms with Gasteiger partial charge in [-0.05, 0) is 107 Å². The van der Waals surface area contributed by atoms with Crippen molar-refractivity contribution in [1.82, 2.24) is 15.2 Å². The van der Waals surface area contributed by atoms with Crippen LogP contribution in [0.5, 0.6) is 5.75 Å². The summed E-state index contributed by atoms with van der Waals surface area (Å²) >= 11 is 6.22. The number of nitrogens with two attached hydrogens (primary N) is 1. The predicted octanol–water partition coefficient (Wildman–Crippen LogP) is 8.72. The predicted molar refractivity (Wildman–Crippen MR) is 203 cm³/mol. The van der Waals surface area contributed by atoms with E-state index >= 15 is 0 Å². The van der Waals surface area contributed by atoms with Gasteiger partial charge in [0.15, 0.2) is 5.11 Å². The van der Waals surface area contributed by atoms with Gasteiger partial charge in [0.05, 0.1) is 18.7 Å². The number of aromatic nitrogens is 1. The molecule has 4 heterocycles. The molecule has 5 atom stereocenters. The molecular formula is C41H39N5OS. The first-order chi connectivity index (χ1) is 23.5. The van der Waals surface area contributed by atoms with Crippen LogP contribution in [0.4, 0.5) is 11.4 Å². The Bertz CT molecular complexity index is 2200. The number of fused-ring (bicyclic) bond motifs is 6. The highest BCUT2D eigenvalue weighted by molar-refractivity contribution is 7.80. The van der Waals surface area contributed by atoms with Gasteiger partial charge in [0.2, 0.25) is 0 Å². The molecule has 6 aromatic rings. The van der Waals surface area contributed by atoms with E-state index in [2.05, 4.69) is 107 Å². The minimum atomic E-state index is -0.0808. The number of pyridine rings is 1. The number of anilines is 2. The summed E-state index contributed by atoms with van der Waals surface area (Å²) in [4.78, 5) is 7.32. The molecule has 7 heteroatoms. The Hall–Kier alpha value is -4.98. The Balaban J connectivity index is 1.22. The highest BCUT2D eigenvalue weighted by Gasteiger charge is 2.43. The number of methoxy groups -OCH3 is 1. The second-order valence-electron chi connectivity index (χ2n) is 13.1. The summed E-state index contributed by atoms with van der Waals surface area (Å²) in [6.45, 7) is 6.24. The van der Waals surface area contributed by atoms with Gasteiger partial charge < -0.3 is 21.1 Å². The number of nitrogens with one attached hydrogen (secondary N) is 2. The second kappa shape index (κ2) is 12.6. The first-order valence-electron chi connectivity index (χ1n) is 16.7. The lowest BCUT2D eigenvalue weighted by molar-refractivity contribution is 0.00443. The van der Waals surface area contributed by atoms with Gasteiger partial charge in [0.25, 0.3) is 0 Å². The van der Waals surface area contributed by atoms with E-state index in [-0.39, 0.29) is 12.1 Å². The highest BCUT2D eigenvalue weighted by atomic mass is 32.1. The Morgan fingerprint density at radius 1 is 0.958 bits per heavy atom. The first kappa shape index (κ1) is 30.4. The van der Waals surface area contributed by atoms with Crippen molar-refractivity contribution in [3.8, 4) is 16.9 Å². The van der Waals surface area contributed by atoms with Gasteiger partial charge in [0, 0.05) is 46.7 Å². The number of nitrogen functional groups attached to an aromatic ring is 1. The molecule has 2 bridgehead atoms. The maximum absolute atomic E-state index is 6.79. The molecule has 9 rings (SSSR count). The smallest absolute Gasteiger partial charge is 0.171 e. The van der Waals surface area contributed by atoms with E-state index in [9.17, 15) is 0 Å². The third-order valence-corrected chi connectivity index (χ3v) is 10.8. The largest absolute Gasteiger partial charge is 0.497 e. The quantitative estimate of drug-likeness (QED) is 0.0907. The first-order valence-corrected chi connectivity index (χ1v) is 17.1. The number of benzene rings is 5. The molecule has 5 aromatic carbocycles. The zero-order valence-corrected chi connectivity index (χ0v) is 27.8. The number of hydrogen-bond acceptors (Lipinski definition) is 5. The van der Waals surface area contributed by atoms with Gasteiger partial charge in [-0.3, -0.25) is 9.88 Å². The van der Waals surface area contributed by atoms with E-state index in [0.29, 0.717) is 16.9 Å². The molecule has 0 spiro atoms. The fourth-order valence-electron chi connectivity index (χ4n) is 8.16. The molecular weight excluding hydrogens is 611 g/mol. The van der Waals surface area contributed by atoms with Crippen molar-refractivity contribution in [1.29, 1.82) is 0 Å². The van der Waals surface area contributed by atoms with Gasteiger partial charge in [-0.2, -0.15) is 0 Å². The third kappa shape index (κ3) is 5.33. The number of piperidine rings is 3. The zero-order chi connectivity index (χ0) is 32.8. The number of thiocarbonyl (C=S) groups is 1. The van der Waals surface area contributed by atoms with E-state index in [1.54, 1.807) is 7.11 Å². The van der Waals surface area contributed by atoms with Crippen LogP contribution in [0.1, 0.15) is 24.4 Å². The van der Waals surface area contributed by atoms with Gasteiger partial charge >= 0.3 is 0 Å². The molecule has 48 heavy (non-hydrogen) atoms. The van der Waals surface area contributed by atoms with Crippen LogP contribution in [-0.2, 0) is 0 Å². The summed E-state index contributed by atoms with van der Waals surface area (Å²) in [6, 6.07) is 33.6. The topological polar surface area (TPSA) is 75.4 Å². The van der Waals surface area contributed by atoms with Crippen LogP contribution in [0.15, 0.2) is 116 Å². The monoisotopic (exact) mass is 649 g/mol. The second-order valence-corrected chi connectivity index (χ2v) is 13.5. The molecule has 4 unspecified atom stereocenters. The minimum absolute atomic E-state index is 0.0808. The molecule has 240 valence electrons. The summed E-state index contributed by atoms with van der Waals surface area (Å²) in [5.74, 6) is 1.93. The molecule has 3 saturated heterocycles. The summed E-state index contributed by atoms with van der Waals surface area (Å²) in [7, 11) is 1.71. The van der Waals surface area contributed by atoms with Crippen LogP contribution >= 0.6 is 12.2 Å². The molecule has 0 radical (unpaired) electrons. The molecule has 0 saturated carbocycles. The van der Waals surface area contributed by atoms with Crippen LogP contribution in [0.25, 0.3) is 43.6 Å². The highest BCUT2D eigenvalue weighted by Crippen LogP contribution is 2.44. The van der Waals surface area contributed by atoms with Crippen LogP contribution in [0.3, 0.4) is 0 Å². The number of hydrogen-bond donors (Lipinski definition) is 3. The summed E-state index contributed by atoms with van der Waals surface area (Å²) in [5, 5.41) is 13.6. The van der Waals surface area contributed by atoms with Crippen LogP contribution in [0.2, 0.25) is 0 Å². The van der Waals surface area contributed by atoms with Crippen molar-refractivity contribution in [3.63, 3.8) is 0 Å². The number of ether oxygens (including phenoxy) is 1. The van der Waals surface area contributed by atoms with Crippen molar-refractivity contribution in [2.24, 2.45) is 11.8 Å². The standard InChI is InChI=1S/C41H39N5OS/c1-3-25-24-46-21-19-28(25)22-37(46)40(32-18-20-43-35-17-14-29(47-2)23-33(32)35)45-41(48)44-36-16-13-27-9-5-7-11-31(27)39(36)38-30-10-6-4-8-26(30)12-15-34(38)42/h3-18,20,23,25,28,37,40H,1,19,21-22,24,42H2,2H3,(H2,44,45,48)/t25?,28?,37?,40-/m1/s1. The maximum atomic E-state index is 6.79. The molecule has 3 aliphatic rings. The average Bonchev–Trinajstić information content (AvgIpc) is 3.13. The lowest BCUT2D eigenvalue weighted by atomic mass is 9.73. The van der Waals surface area contributed by atoms with Crippen molar-refractivity contribution in [2.45, 2.75) is 24.9 Å². The Morgan fingerprint density at radius 3 is 2.44 bits per heavy atom. The van der Waals surface area contributed by atoms with Crippen LogP contribution < -0.4 is 21.1 Å². The summed E-state index contributed by atoms with van der Waals surface area (Å²) in [5.41, 5.74) is 12.6. The van der Waals surface area contributed by atoms with Gasteiger partial charge in [0.1, 0.15) is 5.75 Å². The summed E-state index contributed by atoms with van der Waals surface area (Å²) in [6.07, 6.45) is 6.32. The van der Waals surface area contributed by atoms with Crippen LogP contribution in [0, 0.1) is 11.8 Å². The van der Waals surface area contributed by atoms with Crippen molar-refractivity contribution in [2.75, 3.05) is 31.2 Å². The Morgan fingerprint density at radius 2 is 1.71 bits per heavy atom. The Kier molecular flexibility index (Phi) is 7.95. The number of rotatable bonds is 7. The van der Waals surface area contributed by atoms with E-state index < -0.39 is 0 Å². The number of nitrogens with zero attached hydrogens (tertiary/aromatic N) is 2. The van der Waals surface area contributed by atoms with Crippen LogP contribution in [-0.4, -0.2) is 41.2 Å². The van der Waals surface area contributed by atoms with E-state index in [0.717, 1.165) is 85.8 Å². The summed E-state index contributed by atoms with van der Waals surface area (Å²) < 4.78 is 5.65. The van der Waals surface area contributed by atoms with Gasteiger partial charge in [-0.1, -0.05) is 66.7 Å². The molecule has 4 N–H and O–H groups in total. The molecule has 0 amide bonds. The minimum Gasteiger partial charge on any atom is -0.497 e. The average molecular weight is 650 g/mol. The van der Waals surface area contributed by atoms with Gasteiger partial charge in [-0.15, -0.1) is 6.58 Å². The van der Waals surface area contributed by atoms with E-state index in [1.807, 2.05) is 24.4 Å². The fraction of sp³-hybridized carbons (Fsp3) is 0.220. The van der Waals surface area contributed by atoms with Crippen molar-refractivity contribution < 1.29 is 4.74 Å². The molecule has 3 fully saturated rings. The maximum Gasteiger partial charge on any atom is 0.171 e. The van der Waals surface area contributed by atoms with E-state index in [4.69, 9.17) is 27.7 Å². The SMILES string of the molecule is C=CC1CN2CCC1CC2[C@H](NC(=S)Nc1ccc2ccccc2c1-c1c(N)ccc2ccccc12)c1ccnc2ccc(OC)cc12. The lowest BCUT2D eigenvalue weighted by Gasteiger charge is -2.52. The molecule has 0 aliphatic carbocycles. The van der Waals surface area contributed by atoms with Crippen molar-refractivity contribution >= 4 is 61.2 Å². The molecule has 6 nitrogen and oxygen atoms in total. The third-order valence-electron chi connectivity index (χ3n) is 10.5. The van der Waals surface area contributed by atoms with Crippen molar-refractivity contribution in [3.05, 3.63) is 121 Å². The van der Waals surface area contributed by atoms with Gasteiger partial charge in [-0.25, -0.2) is 0 Å².